The smallest absolute Gasteiger partial charge is 0.246 e. The molecule has 0 radical (unpaired) electrons. The zero-order valence-corrected chi connectivity index (χ0v) is 13.3. The molecule has 1 aliphatic heterocycles. The summed E-state index contributed by atoms with van der Waals surface area (Å²) in [6.07, 6.45) is 1.60. The monoisotopic (exact) mass is 340 g/mol. The van der Waals surface area contributed by atoms with Gasteiger partial charge in [-0.2, -0.15) is 4.31 Å². The Balaban J connectivity index is 0.00000220. The fraction of sp³-hybridized carbons (Fsp3) is 0.538. The van der Waals surface area contributed by atoms with Crippen LogP contribution in [0.5, 0.6) is 0 Å². The van der Waals surface area contributed by atoms with E-state index in [0.717, 1.165) is 18.6 Å². The van der Waals surface area contributed by atoms with E-state index in [9.17, 15) is 17.2 Å². The molecule has 0 amide bonds. The van der Waals surface area contributed by atoms with Gasteiger partial charge in [-0.15, -0.1) is 12.4 Å². The molecule has 0 aliphatic carbocycles. The topological polar surface area (TPSA) is 63.4 Å². The lowest BCUT2D eigenvalue weighted by Gasteiger charge is -2.38. The lowest BCUT2D eigenvalue weighted by atomic mass is 9.93. The van der Waals surface area contributed by atoms with Gasteiger partial charge < -0.3 is 5.73 Å². The summed E-state index contributed by atoms with van der Waals surface area (Å²) in [6.45, 7) is 2.43. The van der Waals surface area contributed by atoms with Crippen LogP contribution in [0.3, 0.4) is 0 Å². The van der Waals surface area contributed by atoms with Crippen LogP contribution in [0, 0.1) is 17.6 Å². The van der Waals surface area contributed by atoms with Crippen LogP contribution in [-0.2, 0) is 10.0 Å². The number of halogens is 3. The minimum atomic E-state index is -3.99. The van der Waals surface area contributed by atoms with E-state index in [1.54, 1.807) is 0 Å². The Kier molecular flexibility index (Phi) is 6.10. The maximum Gasteiger partial charge on any atom is 0.246 e. The minimum absolute atomic E-state index is 0. The van der Waals surface area contributed by atoms with E-state index in [0.29, 0.717) is 19.0 Å². The highest BCUT2D eigenvalue weighted by Gasteiger charge is 2.37. The summed E-state index contributed by atoms with van der Waals surface area (Å²) >= 11 is 0. The molecule has 2 rings (SSSR count). The molecule has 2 N–H and O–H groups in total. The standard InChI is InChI=1S/C13H18F2N2O2S.ClH/c1-9-3-2-6-17(12(9)8-16)20(18,19)13-5-4-10(14)7-11(13)15;/h4-5,7,9,12H,2-3,6,8,16H2,1H3;1H. The predicted molar refractivity (Wildman–Crippen MR) is 78.7 cm³/mol. The van der Waals surface area contributed by atoms with Crippen LogP contribution in [0.25, 0.3) is 0 Å². The van der Waals surface area contributed by atoms with Crippen molar-refractivity contribution in [2.75, 3.05) is 13.1 Å². The molecule has 8 heteroatoms. The highest BCUT2D eigenvalue weighted by atomic mass is 35.5. The normalized spacial score (nSPS) is 23.6. The van der Waals surface area contributed by atoms with Crippen molar-refractivity contribution in [2.24, 2.45) is 11.7 Å². The molecule has 1 heterocycles. The van der Waals surface area contributed by atoms with Crippen molar-refractivity contribution in [3.8, 4) is 0 Å². The van der Waals surface area contributed by atoms with Crippen LogP contribution in [0.1, 0.15) is 19.8 Å². The number of rotatable bonds is 3. The zero-order chi connectivity index (χ0) is 14.9. The van der Waals surface area contributed by atoms with Crippen molar-refractivity contribution in [1.29, 1.82) is 0 Å². The molecule has 0 aromatic heterocycles. The fourth-order valence-corrected chi connectivity index (χ4v) is 4.49. The SMILES string of the molecule is CC1CCCN(S(=O)(=O)c2ccc(F)cc2F)C1CN.Cl. The quantitative estimate of drug-likeness (QED) is 0.916. The summed E-state index contributed by atoms with van der Waals surface area (Å²) in [5.74, 6) is -1.75. The Hall–Kier alpha value is -0.760. The van der Waals surface area contributed by atoms with Crippen LogP contribution < -0.4 is 5.73 Å². The molecule has 1 aromatic rings. The molecular formula is C13H19ClF2N2O2S. The van der Waals surface area contributed by atoms with E-state index in [1.165, 1.54) is 4.31 Å². The van der Waals surface area contributed by atoms with Gasteiger partial charge in [0.1, 0.15) is 16.5 Å². The van der Waals surface area contributed by atoms with Gasteiger partial charge in [-0.25, -0.2) is 17.2 Å². The van der Waals surface area contributed by atoms with Gasteiger partial charge in [-0.1, -0.05) is 6.92 Å². The van der Waals surface area contributed by atoms with Gasteiger partial charge in [0.15, 0.2) is 0 Å². The molecule has 1 fully saturated rings. The molecule has 0 spiro atoms. The molecule has 21 heavy (non-hydrogen) atoms. The maximum atomic E-state index is 13.8. The van der Waals surface area contributed by atoms with E-state index in [-0.39, 0.29) is 30.9 Å². The fourth-order valence-electron chi connectivity index (χ4n) is 2.67. The Morgan fingerprint density at radius 2 is 2.05 bits per heavy atom. The summed E-state index contributed by atoms with van der Waals surface area (Å²) in [7, 11) is -3.99. The Bertz CT molecular complexity index is 598. The summed E-state index contributed by atoms with van der Waals surface area (Å²) in [4.78, 5) is -0.494. The average Bonchev–Trinajstić information content (AvgIpc) is 2.37. The van der Waals surface area contributed by atoms with E-state index >= 15 is 0 Å². The second-order valence-corrected chi connectivity index (χ2v) is 6.97. The third-order valence-electron chi connectivity index (χ3n) is 3.79. The van der Waals surface area contributed by atoms with E-state index < -0.39 is 26.6 Å². The minimum Gasteiger partial charge on any atom is -0.329 e. The molecule has 2 unspecified atom stereocenters. The largest absolute Gasteiger partial charge is 0.329 e. The summed E-state index contributed by atoms with van der Waals surface area (Å²) < 4.78 is 53.0. The number of benzene rings is 1. The van der Waals surface area contributed by atoms with Gasteiger partial charge in [-0.05, 0) is 30.9 Å². The molecule has 0 saturated carbocycles. The van der Waals surface area contributed by atoms with E-state index in [1.807, 2.05) is 6.92 Å². The van der Waals surface area contributed by atoms with Crippen LogP contribution in [0.2, 0.25) is 0 Å². The average molecular weight is 341 g/mol. The maximum absolute atomic E-state index is 13.8. The third kappa shape index (κ3) is 3.53. The first kappa shape index (κ1) is 18.3. The lowest BCUT2D eigenvalue weighted by molar-refractivity contribution is 0.192. The van der Waals surface area contributed by atoms with Gasteiger partial charge in [0.2, 0.25) is 10.0 Å². The van der Waals surface area contributed by atoms with Crippen LogP contribution in [0.4, 0.5) is 8.78 Å². The highest BCUT2D eigenvalue weighted by Crippen LogP contribution is 2.29. The first-order valence-electron chi connectivity index (χ1n) is 6.55. The van der Waals surface area contributed by atoms with Crippen LogP contribution >= 0.6 is 12.4 Å². The van der Waals surface area contributed by atoms with Crippen molar-refractivity contribution in [3.63, 3.8) is 0 Å². The molecule has 1 aromatic carbocycles. The van der Waals surface area contributed by atoms with Crippen LogP contribution in [-0.4, -0.2) is 31.9 Å². The zero-order valence-electron chi connectivity index (χ0n) is 11.6. The number of piperidine rings is 1. The van der Waals surface area contributed by atoms with Crippen molar-refractivity contribution >= 4 is 22.4 Å². The first-order chi connectivity index (χ1) is 9.37. The number of nitrogens with two attached hydrogens (primary N) is 1. The Labute approximate surface area is 129 Å². The van der Waals surface area contributed by atoms with Crippen molar-refractivity contribution < 1.29 is 17.2 Å². The van der Waals surface area contributed by atoms with E-state index in [2.05, 4.69) is 0 Å². The molecular weight excluding hydrogens is 322 g/mol. The van der Waals surface area contributed by atoms with Crippen molar-refractivity contribution in [3.05, 3.63) is 29.8 Å². The molecule has 4 nitrogen and oxygen atoms in total. The predicted octanol–water partition coefficient (Wildman–Crippen LogP) is 2.13. The first-order valence-corrected chi connectivity index (χ1v) is 7.99. The number of sulfonamides is 1. The summed E-state index contributed by atoms with van der Waals surface area (Å²) in [5, 5.41) is 0. The lowest BCUT2D eigenvalue weighted by Crippen LogP contribution is -2.51. The van der Waals surface area contributed by atoms with Gasteiger partial charge in [0.25, 0.3) is 0 Å². The number of hydrogen-bond acceptors (Lipinski definition) is 3. The van der Waals surface area contributed by atoms with E-state index in [4.69, 9.17) is 5.73 Å². The van der Waals surface area contributed by atoms with Crippen molar-refractivity contribution in [1.82, 2.24) is 4.31 Å². The Morgan fingerprint density at radius 1 is 1.38 bits per heavy atom. The van der Waals surface area contributed by atoms with Gasteiger partial charge >= 0.3 is 0 Å². The second-order valence-electron chi connectivity index (χ2n) is 5.11. The molecule has 1 aliphatic rings. The number of hydrogen-bond donors (Lipinski definition) is 1. The van der Waals surface area contributed by atoms with Crippen molar-refractivity contribution in [2.45, 2.75) is 30.7 Å². The Morgan fingerprint density at radius 3 is 2.62 bits per heavy atom. The molecule has 1 saturated heterocycles. The number of nitrogens with zero attached hydrogens (tertiary/aromatic N) is 1. The van der Waals surface area contributed by atoms with Gasteiger partial charge in [0, 0.05) is 25.2 Å². The molecule has 0 bridgehead atoms. The summed E-state index contributed by atoms with van der Waals surface area (Å²) in [5.41, 5.74) is 5.66. The highest BCUT2D eigenvalue weighted by molar-refractivity contribution is 7.89. The molecule has 2 atom stereocenters. The second kappa shape index (κ2) is 7.00. The summed E-state index contributed by atoms with van der Waals surface area (Å²) in [6, 6.07) is 2.14. The van der Waals surface area contributed by atoms with Gasteiger partial charge in [0.05, 0.1) is 0 Å². The molecule has 120 valence electrons. The third-order valence-corrected chi connectivity index (χ3v) is 5.74. The van der Waals surface area contributed by atoms with Gasteiger partial charge in [-0.3, -0.25) is 0 Å². The van der Waals surface area contributed by atoms with Crippen LogP contribution in [0.15, 0.2) is 23.1 Å².